The monoisotopic (exact) mass is 378 g/mol. The second kappa shape index (κ2) is 8.12. The van der Waals surface area contributed by atoms with Crippen molar-refractivity contribution in [2.75, 3.05) is 31.1 Å². The fraction of sp³-hybridized carbons (Fsp3) is 0.238. The smallest absolute Gasteiger partial charge is 0.191 e. The van der Waals surface area contributed by atoms with E-state index in [0.717, 1.165) is 43.1 Å². The van der Waals surface area contributed by atoms with E-state index in [2.05, 4.69) is 26.0 Å². The van der Waals surface area contributed by atoms with Gasteiger partial charge in [-0.3, -0.25) is 0 Å². The molecule has 0 bridgehead atoms. The number of piperazine rings is 1. The van der Waals surface area contributed by atoms with Gasteiger partial charge in [0.15, 0.2) is 5.96 Å². The Hall–Kier alpha value is -3.35. The van der Waals surface area contributed by atoms with Crippen LogP contribution in [0.3, 0.4) is 0 Å². The first-order valence-corrected chi connectivity index (χ1v) is 9.33. The van der Waals surface area contributed by atoms with Gasteiger partial charge in [-0.15, -0.1) is 0 Å². The molecule has 0 saturated carbocycles. The summed E-state index contributed by atoms with van der Waals surface area (Å²) in [4.78, 5) is 8.90. The zero-order chi connectivity index (χ0) is 19.3. The van der Waals surface area contributed by atoms with Crippen molar-refractivity contribution >= 4 is 11.6 Å². The highest BCUT2D eigenvalue weighted by Gasteiger charge is 2.18. The van der Waals surface area contributed by atoms with Crippen molar-refractivity contribution < 1.29 is 4.39 Å². The van der Waals surface area contributed by atoms with Crippen LogP contribution < -0.4 is 10.6 Å². The third-order valence-electron chi connectivity index (χ3n) is 4.90. The molecule has 0 amide bonds. The van der Waals surface area contributed by atoms with Crippen LogP contribution >= 0.6 is 0 Å². The summed E-state index contributed by atoms with van der Waals surface area (Å²) in [6, 6.07) is 16.6. The fourth-order valence-corrected chi connectivity index (χ4v) is 3.34. The van der Waals surface area contributed by atoms with Gasteiger partial charge in [-0.25, -0.2) is 14.1 Å². The van der Waals surface area contributed by atoms with Gasteiger partial charge in [0.1, 0.15) is 5.82 Å². The normalized spacial score (nSPS) is 15.1. The Morgan fingerprint density at radius 3 is 2.50 bits per heavy atom. The number of hydrogen-bond acceptors (Lipinski definition) is 3. The van der Waals surface area contributed by atoms with Crippen LogP contribution in [0.1, 0.15) is 5.56 Å². The molecule has 1 saturated heterocycles. The molecular weight excluding hydrogens is 355 g/mol. The SMILES string of the molecule is NC(=NCc1cccc(-n2cccn2)c1)N1CCN(c2ccc(F)cc2)CC1. The maximum absolute atomic E-state index is 13.1. The predicted octanol–water partition coefficient (Wildman–Crippen LogP) is 2.65. The van der Waals surface area contributed by atoms with Gasteiger partial charge in [-0.1, -0.05) is 12.1 Å². The number of aliphatic imine (C=N–C) groups is 1. The highest BCUT2D eigenvalue weighted by molar-refractivity contribution is 5.78. The molecule has 0 unspecified atom stereocenters. The van der Waals surface area contributed by atoms with Crippen LogP contribution in [0.25, 0.3) is 5.69 Å². The molecule has 0 aliphatic carbocycles. The van der Waals surface area contributed by atoms with Crippen LogP contribution in [0.15, 0.2) is 72.0 Å². The molecule has 1 aliphatic heterocycles. The molecule has 144 valence electrons. The summed E-state index contributed by atoms with van der Waals surface area (Å²) in [5.41, 5.74) is 9.35. The molecular formula is C21H23FN6. The molecule has 1 aliphatic rings. The number of nitrogens with two attached hydrogens (primary N) is 1. The largest absolute Gasteiger partial charge is 0.370 e. The quantitative estimate of drug-likeness (QED) is 0.560. The van der Waals surface area contributed by atoms with Crippen molar-refractivity contribution in [2.24, 2.45) is 10.7 Å². The number of anilines is 1. The number of hydrogen-bond donors (Lipinski definition) is 1. The predicted molar refractivity (Wildman–Crippen MR) is 109 cm³/mol. The zero-order valence-electron chi connectivity index (χ0n) is 15.6. The summed E-state index contributed by atoms with van der Waals surface area (Å²) in [6.07, 6.45) is 3.67. The Morgan fingerprint density at radius 2 is 1.79 bits per heavy atom. The van der Waals surface area contributed by atoms with Crippen LogP contribution in [0.4, 0.5) is 10.1 Å². The maximum atomic E-state index is 13.1. The van der Waals surface area contributed by atoms with Crippen LogP contribution in [0.2, 0.25) is 0 Å². The van der Waals surface area contributed by atoms with E-state index in [4.69, 9.17) is 5.73 Å². The molecule has 2 aromatic carbocycles. The molecule has 7 heteroatoms. The van der Waals surface area contributed by atoms with E-state index in [1.165, 1.54) is 12.1 Å². The number of nitrogens with zero attached hydrogens (tertiary/aromatic N) is 5. The lowest BCUT2D eigenvalue weighted by Gasteiger charge is -2.36. The molecule has 28 heavy (non-hydrogen) atoms. The fourth-order valence-electron chi connectivity index (χ4n) is 3.34. The Balaban J connectivity index is 1.35. The van der Waals surface area contributed by atoms with Gasteiger partial charge < -0.3 is 15.5 Å². The van der Waals surface area contributed by atoms with Gasteiger partial charge in [0.25, 0.3) is 0 Å². The molecule has 6 nitrogen and oxygen atoms in total. The minimum atomic E-state index is -0.213. The number of aromatic nitrogens is 2. The van der Waals surface area contributed by atoms with Crippen LogP contribution in [0.5, 0.6) is 0 Å². The maximum Gasteiger partial charge on any atom is 0.191 e. The molecule has 1 aromatic heterocycles. The summed E-state index contributed by atoms with van der Waals surface area (Å²) in [5, 5.41) is 4.26. The third kappa shape index (κ3) is 4.14. The van der Waals surface area contributed by atoms with Gasteiger partial charge in [-0.2, -0.15) is 5.10 Å². The molecule has 0 radical (unpaired) electrons. The first-order valence-electron chi connectivity index (χ1n) is 9.33. The second-order valence-electron chi connectivity index (χ2n) is 6.75. The van der Waals surface area contributed by atoms with Crippen molar-refractivity contribution in [1.82, 2.24) is 14.7 Å². The van der Waals surface area contributed by atoms with Crippen molar-refractivity contribution in [1.29, 1.82) is 0 Å². The Kier molecular flexibility index (Phi) is 5.23. The number of rotatable bonds is 4. The van der Waals surface area contributed by atoms with E-state index in [0.29, 0.717) is 12.5 Å². The van der Waals surface area contributed by atoms with Crippen molar-refractivity contribution in [3.05, 3.63) is 78.4 Å². The number of benzene rings is 2. The zero-order valence-corrected chi connectivity index (χ0v) is 15.6. The minimum absolute atomic E-state index is 0.213. The first kappa shape index (κ1) is 18.0. The Bertz CT molecular complexity index is 928. The highest BCUT2D eigenvalue weighted by Crippen LogP contribution is 2.17. The molecule has 2 N–H and O–H groups in total. The van der Waals surface area contributed by atoms with Gasteiger partial charge in [0.05, 0.1) is 12.2 Å². The molecule has 4 rings (SSSR count). The van der Waals surface area contributed by atoms with Crippen molar-refractivity contribution in [3.8, 4) is 5.69 Å². The lowest BCUT2D eigenvalue weighted by molar-refractivity contribution is 0.380. The standard InChI is InChI=1S/C21H23FN6/c22-18-5-7-19(8-6-18)26-11-13-27(14-12-26)21(23)24-16-17-3-1-4-20(15-17)28-10-2-9-25-28/h1-10,15H,11-14,16H2,(H2,23,24). The van der Waals surface area contributed by atoms with Crippen molar-refractivity contribution in [3.63, 3.8) is 0 Å². The molecule has 3 aromatic rings. The topological polar surface area (TPSA) is 62.7 Å². The van der Waals surface area contributed by atoms with E-state index < -0.39 is 0 Å². The third-order valence-corrected chi connectivity index (χ3v) is 4.90. The van der Waals surface area contributed by atoms with Crippen LogP contribution in [0, 0.1) is 5.82 Å². The first-order chi connectivity index (χ1) is 13.7. The van der Waals surface area contributed by atoms with Gasteiger partial charge >= 0.3 is 0 Å². The average molecular weight is 378 g/mol. The number of halogens is 1. The van der Waals surface area contributed by atoms with Crippen LogP contribution in [-0.4, -0.2) is 46.8 Å². The minimum Gasteiger partial charge on any atom is -0.370 e. The summed E-state index contributed by atoms with van der Waals surface area (Å²) < 4.78 is 14.9. The van der Waals surface area contributed by atoms with E-state index in [9.17, 15) is 4.39 Å². The second-order valence-corrected chi connectivity index (χ2v) is 6.75. The Morgan fingerprint density at radius 1 is 1.00 bits per heavy atom. The lowest BCUT2D eigenvalue weighted by Crippen LogP contribution is -2.51. The summed E-state index contributed by atoms with van der Waals surface area (Å²) >= 11 is 0. The molecule has 0 spiro atoms. The molecule has 1 fully saturated rings. The van der Waals surface area contributed by atoms with E-state index in [1.54, 1.807) is 6.20 Å². The van der Waals surface area contributed by atoms with E-state index >= 15 is 0 Å². The Labute approximate surface area is 163 Å². The molecule has 0 atom stereocenters. The molecule has 2 heterocycles. The number of guanidine groups is 1. The summed E-state index contributed by atoms with van der Waals surface area (Å²) in [7, 11) is 0. The lowest BCUT2D eigenvalue weighted by atomic mass is 10.2. The average Bonchev–Trinajstić information content (AvgIpc) is 3.28. The van der Waals surface area contributed by atoms with Crippen molar-refractivity contribution in [2.45, 2.75) is 6.54 Å². The van der Waals surface area contributed by atoms with E-state index in [1.807, 2.05) is 47.3 Å². The highest BCUT2D eigenvalue weighted by atomic mass is 19.1. The summed E-state index contributed by atoms with van der Waals surface area (Å²) in [5.74, 6) is 0.346. The van der Waals surface area contributed by atoms with Gasteiger partial charge in [-0.05, 0) is 48.0 Å². The van der Waals surface area contributed by atoms with Crippen LogP contribution in [-0.2, 0) is 6.54 Å². The van der Waals surface area contributed by atoms with E-state index in [-0.39, 0.29) is 5.82 Å². The van der Waals surface area contributed by atoms with Gasteiger partial charge in [0.2, 0.25) is 0 Å². The summed E-state index contributed by atoms with van der Waals surface area (Å²) in [6.45, 7) is 3.77. The van der Waals surface area contributed by atoms with Gasteiger partial charge in [0, 0.05) is 44.3 Å².